The Labute approximate surface area is 99.4 Å². The topological polar surface area (TPSA) is 49.8 Å². The van der Waals surface area contributed by atoms with E-state index in [0.29, 0.717) is 17.3 Å². The van der Waals surface area contributed by atoms with Crippen LogP contribution in [-0.4, -0.2) is 42.7 Å². The second-order valence-corrected chi connectivity index (χ2v) is 3.67. The number of para-hydroxylation sites is 1. The van der Waals surface area contributed by atoms with Crippen molar-refractivity contribution in [2.75, 3.05) is 26.8 Å². The molecule has 88 valence electrons. The molecule has 1 aromatic carbocycles. The summed E-state index contributed by atoms with van der Waals surface area (Å²) in [4.78, 5) is 12.9. The predicted octanol–water partition coefficient (Wildman–Crippen LogP) is 1.17. The Bertz CT molecular complexity index is 357. The van der Waals surface area contributed by atoms with Crippen molar-refractivity contribution in [3.8, 4) is 5.75 Å². The Morgan fingerprint density at radius 3 is 2.81 bits per heavy atom. The van der Waals surface area contributed by atoms with E-state index in [-0.39, 0.29) is 19.1 Å². The van der Waals surface area contributed by atoms with E-state index in [1.54, 1.807) is 31.3 Å². The van der Waals surface area contributed by atoms with Crippen LogP contribution in [0, 0.1) is 0 Å². The zero-order valence-corrected chi connectivity index (χ0v) is 9.78. The zero-order valence-electron chi connectivity index (χ0n) is 9.02. The summed E-state index contributed by atoms with van der Waals surface area (Å²) in [6.07, 6.45) is 0. The van der Waals surface area contributed by atoms with Gasteiger partial charge in [-0.2, -0.15) is 0 Å². The summed E-state index contributed by atoms with van der Waals surface area (Å²) in [6.45, 7) is 0.152. The summed E-state index contributed by atoms with van der Waals surface area (Å²) >= 11 is 5.86. The molecule has 1 rings (SSSR count). The van der Waals surface area contributed by atoms with Gasteiger partial charge >= 0.3 is 0 Å². The van der Waals surface area contributed by atoms with Crippen LogP contribution in [0.2, 0.25) is 5.02 Å². The van der Waals surface area contributed by atoms with Gasteiger partial charge in [-0.05, 0) is 12.1 Å². The Morgan fingerprint density at radius 2 is 2.19 bits per heavy atom. The number of aliphatic hydroxyl groups excluding tert-OH is 1. The molecule has 1 N–H and O–H groups in total. The molecule has 0 spiro atoms. The van der Waals surface area contributed by atoms with Gasteiger partial charge in [0.25, 0.3) is 5.91 Å². The number of amides is 1. The lowest BCUT2D eigenvalue weighted by Gasteiger charge is -2.16. The third kappa shape index (κ3) is 3.72. The first-order chi connectivity index (χ1) is 7.65. The summed E-state index contributed by atoms with van der Waals surface area (Å²) in [5.41, 5.74) is 0. The van der Waals surface area contributed by atoms with Crippen molar-refractivity contribution in [2.24, 2.45) is 0 Å². The van der Waals surface area contributed by atoms with E-state index in [1.807, 2.05) is 0 Å². The first-order valence-corrected chi connectivity index (χ1v) is 5.25. The van der Waals surface area contributed by atoms with E-state index in [1.165, 1.54) is 4.90 Å². The van der Waals surface area contributed by atoms with Gasteiger partial charge in [0.2, 0.25) is 0 Å². The van der Waals surface area contributed by atoms with Crippen LogP contribution in [0.3, 0.4) is 0 Å². The number of hydrogen-bond donors (Lipinski definition) is 1. The molecule has 0 saturated carbocycles. The van der Waals surface area contributed by atoms with Gasteiger partial charge < -0.3 is 14.7 Å². The molecule has 0 aromatic heterocycles. The zero-order chi connectivity index (χ0) is 12.0. The largest absolute Gasteiger partial charge is 0.482 e. The number of aliphatic hydroxyl groups is 1. The van der Waals surface area contributed by atoms with Crippen molar-refractivity contribution in [1.29, 1.82) is 0 Å². The first kappa shape index (κ1) is 12.8. The normalized spacial score (nSPS) is 9.94. The molecular weight excluding hydrogens is 230 g/mol. The molecule has 1 aromatic rings. The van der Waals surface area contributed by atoms with Crippen LogP contribution in [0.5, 0.6) is 5.75 Å². The Morgan fingerprint density at radius 1 is 1.50 bits per heavy atom. The number of benzene rings is 1. The van der Waals surface area contributed by atoms with Gasteiger partial charge in [0.05, 0.1) is 11.6 Å². The van der Waals surface area contributed by atoms with Crippen molar-refractivity contribution in [2.45, 2.75) is 0 Å². The highest BCUT2D eigenvalue weighted by Gasteiger charge is 2.09. The number of likely N-dealkylation sites (N-methyl/N-ethyl adjacent to an activating group) is 1. The molecule has 4 nitrogen and oxygen atoms in total. The quantitative estimate of drug-likeness (QED) is 0.845. The SMILES string of the molecule is CN(CCO)C(=O)COc1ccccc1Cl. The second-order valence-electron chi connectivity index (χ2n) is 3.26. The maximum atomic E-state index is 11.5. The predicted molar refractivity (Wildman–Crippen MR) is 61.7 cm³/mol. The maximum Gasteiger partial charge on any atom is 0.260 e. The molecule has 1 amide bonds. The summed E-state index contributed by atoms with van der Waals surface area (Å²) in [7, 11) is 1.61. The van der Waals surface area contributed by atoms with E-state index < -0.39 is 0 Å². The minimum atomic E-state index is -0.200. The van der Waals surface area contributed by atoms with Crippen LogP contribution in [-0.2, 0) is 4.79 Å². The number of nitrogens with zero attached hydrogens (tertiary/aromatic N) is 1. The number of ether oxygens (including phenoxy) is 1. The lowest BCUT2D eigenvalue weighted by atomic mass is 10.3. The first-order valence-electron chi connectivity index (χ1n) is 4.87. The Hall–Kier alpha value is -1.26. The molecule has 0 heterocycles. The molecule has 0 saturated heterocycles. The fraction of sp³-hybridized carbons (Fsp3) is 0.364. The molecule has 0 radical (unpaired) electrons. The minimum Gasteiger partial charge on any atom is -0.482 e. The van der Waals surface area contributed by atoms with Crippen LogP contribution in [0.15, 0.2) is 24.3 Å². The summed E-state index contributed by atoms with van der Waals surface area (Å²) in [5.74, 6) is 0.281. The highest BCUT2D eigenvalue weighted by Crippen LogP contribution is 2.22. The van der Waals surface area contributed by atoms with Gasteiger partial charge in [-0.3, -0.25) is 4.79 Å². The summed E-state index contributed by atoms with van der Waals surface area (Å²) in [6, 6.07) is 6.96. The van der Waals surface area contributed by atoms with Crippen molar-refractivity contribution in [1.82, 2.24) is 4.90 Å². The molecule has 0 aliphatic rings. The van der Waals surface area contributed by atoms with Crippen molar-refractivity contribution < 1.29 is 14.6 Å². The lowest BCUT2D eigenvalue weighted by molar-refractivity contribution is -0.132. The van der Waals surface area contributed by atoms with Crippen LogP contribution in [0.1, 0.15) is 0 Å². The van der Waals surface area contributed by atoms with E-state index in [9.17, 15) is 4.79 Å². The number of halogens is 1. The number of hydrogen-bond acceptors (Lipinski definition) is 3. The standard InChI is InChI=1S/C11H14ClNO3/c1-13(6-7-14)11(15)8-16-10-5-3-2-4-9(10)12/h2-5,14H,6-8H2,1H3. The minimum absolute atomic E-state index is 0.0612. The Kier molecular flexibility index (Phi) is 5.08. The molecule has 0 unspecified atom stereocenters. The van der Waals surface area contributed by atoms with E-state index in [4.69, 9.17) is 21.4 Å². The third-order valence-corrected chi connectivity index (χ3v) is 2.36. The number of rotatable bonds is 5. The molecule has 16 heavy (non-hydrogen) atoms. The van der Waals surface area contributed by atoms with E-state index >= 15 is 0 Å². The Balaban J connectivity index is 2.46. The second kappa shape index (κ2) is 6.35. The van der Waals surface area contributed by atoms with Crippen LogP contribution in [0.25, 0.3) is 0 Å². The summed E-state index contributed by atoms with van der Waals surface area (Å²) < 4.78 is 5.26. The highest BCUT2D eigenvalue weighted by molar-refractivity contribution is 6.32. The molecule has 0 aliphatic heterocycles. The van der Waals surface area contributed by atoms with Gasteiger partial charge in [0.1, 0.15) is 5.75 Å². The van der Waals surface area contributed by atoms with Gasteiger partial charge in [-0.25, -0.2) is 0 Å². The fourth-order valence-corrected chi connectivity index (χ4v) is 1.28. The van der Waals surface area contributed by atoms with Gasteiger partial charge in [0.15, 0.2) is 6.61 Å². The maximum absolute atomic E-state index is 11.5. The number of carbonyl (C=O) groups excluding carboxylic acids is 1. The van der Waals surface area contributed by atoms with Gasteiger partial charge in [-0.15, -0.1) is 0 Å². The van der Waals surface area contributed by atoms with Crippen LogP contribution in [0.4, 0.5) is 0 Å². The monoisotopic (exact) mass is 243 g/mol. The fourth-order valence-electron chi connectivity index (χ4n) is 1.09. The van der Waals surface area contributed by atoms with Crippen molar-refractivity contribution >= 4 is 17.5 Å². The molecule has 0 bridgehead atoms. The van der Waals surface area contributed by atoms with E-state index in [2.05, 4.69) is 0 Å². The molecule has 0 atom stereocenters. The van der Waals surface area contributed by atoms with Crippen LogP contribution < -0.4 is 4.74 Å². The molecule has 5 heteroatoms. The molecular formula is C11H14ClNO3. The average molecular weight is 244 g/mol. The summed E-state index contributed by atoms with van der Waals surface area (Å²) in [5, 5.41) is 9.13. The van der Waals surface area contributed by atoms with Gasteiger partial charge in [0, 0.05) is 13.6 Å². The number of carbonyl (C=O) groups is 1. The average Bonchev–Trinajstić information content (AvgIpc) is 2.28. The molecule has 0 fully saturated rings. The van der Waals surface area contributed by atoms with Crippen LogP contribution >= 0.6 is 11.6 Å². The van der Waals surface area contributed by atoms with Crippen molar-refractivity contribution in [3.05, 3.63) is 29.3 Å². The van der Waals surface area contributed by atoms with Crippen molar-refractivity contribution in [3.63, 3.8) is 0 Å². The third-order valence-electron chi connectivity index (χ3n) is 2.05. The molecule has 0 aliphatic carbocycles. The smallest absolute Gasteiger partial charge is 0.260 e. The van der Waals surface area contributed by atoms with Gasteiger partial charge in [-0.1, -0.05) is 23.7 Å². The highest BCUT2D eigenvalue weighted by atomic mass is 35.5. The van der Waals surface area contributed by atoms with E-state index in [0.717, 1.165) is 0 Å². The lowest BCUT2D eigenvalue weighted by Crippen LogP contribution is -2.33.